The molecule has 3 nitrogen and oxygen atoms in total. The van der Waals surface area contributed by atoms with Gasteiger partial charge >= 0.3 is 0 Å². The highest BCUT2D eigenvalue weighted by Gasteiger charge is 2.18. The molecule has 0 spiro atoms. The number of methoxy groups -OCH3 is 1. The summed E-state index contributed by atoms with van der Waals surface area (Å²) in [4.78, 5) is 2.53. The number of hydrogen-bond donors (Lipinski definition) is 1. The van der Waals surface area contributed by atoms with E-state index in [9.17, 15) is 0 Å². The molecule has 94 valence electrons. The molecule has 1 saturated heterocycles. The molecule has 0 amide bonds. The third kappa shape index (κ3) is 2.79. The van der Waals surface area contributed by atoms with Crippen molar-refractivity contribution >= 4 is 0 Å². The maximum absolute atomic E-state index is 5.30. The summed E-state index contributed by atoms with van der Waals surface area (Å²) in [5.41, 5.74) is 2.59. The average molecular weight is 234 g/mol. The highest BCUT2D eigenvalue weighted by atomic mass is 16.5. The van der Waals surface area contributed by atoms with Crippen LogP contribution in [0.3, 0.4) is 0 Å². The standard InChI is InChI=1S/C14H22N2O/c1-11-10-13(4-5-14(11)17-3)12(2)16-8-6-15-7-9-16/h4-5,10,12,15H,6-9H2,1-3H3. The van der Waals surface area contributed by atoms with Crippen molar-refractivity contribution in [2.45, 2.75) is 19.9 Å². The SMILES string of the molecule is COc1ccc(C(C)N2CCNCC2)cc1C. The predicted molar refractivity (Wildman–Crippen MR) is 70.6 cm³/mol. The molecule has 0 saturated carbocycles. The molecule has 0 aliphatic carbocycles. The van der Waals surface area contributed by atoms with Crippen molar-refractivity contribution in [1.82, 2.24) is 10.2 Å². The van der Waals surface area contributed by atoms with E-state index in [0.717, 1.165) is 31.9 Å². The number of benzene rings is 1. The van der Waals surface area contributed by atoms with Crippen molar-refractivity contribution in [3.63, 3.8) is 0 Å². The summed E-state index contributed by atoms with van der Waals surface area (Å²) in [5, 5.41) is 3.39. The smallest absolute Gasteiger partial charge is 0.121 e. The highest BCUT2D eigenvalue weighted by molar-refractivity contribution is 5.37. The van der Waals surface area contributed by atoms with E-state index in [1.54, 1.807) is 7.11 Å². The zero-order chi connectivity index (χ0) is 12.3. The van der Waals surface area contributed by atoms with Crippen LogP contribution in [0.15, 0.2) is 18.2 Å². The van der Waals surface area contributed by atoms with Crippen molar-refractivity contribution < 1.29 is 4.74 Å². The van der Waals surface area contributed by atoms with Crippen molar-refractivity contribution in [2.75, 3.05) is 33.3 Å². The Labute approximate surface area is 104 Å². The zero-order valence-corrected chi connectivity index (χ0v) is 11.0. The fourth-order valence-electron chi connectivity index (χ4n) is 2.44. The van der Waals surface area contributed by atoms with Gasteiger partial charge in [0.25, 0.3) is 0 Å². The number of nitrogens with one attached hydrogen (secondary N) is 1. The molecule has 1 unspecified atom stereocenters. The summed E-state index contributed by atoms with van der Waals surface area (Å²) in [6.07, 6.45) is 0. The summed E-state index contributed by atoms with van der Waals surface area (Å²) in [6.45, 7) is 8.84. The van der Waals surface area contributed by atoms with E-state index in [1.807, 2.05) is 0 Å². The third-order valence-corrected chi connectivity index (χ3v) is 3.60. The Morgan fingerprint density at radius 2 is 2.00 bits per heavy atom. The molecule has 1 aliphatic rings. The number of aryl methyl sites for hydroxylation is 1. The quantitative estimate of drug-likeness (QED) is 0.865. The van der Waals surface area contributed by atoms with Gasteiger partial charge in [-0.1, -0.05) is 12.1 Å². The Morgan fingerprint density at radius 1 is 1.29 bits per heavy atom. The average Bonchev–Trinajstić information content (AvgIpc) is 2.39. The van der Waals surface area contributed by atoms with Crippen LogP contribution in [-0.4, -0.2) is 38.2 Å². The minimum absolute atomic E-state index is 0.488. The summed E-state index contributed by atoms with van der Waals surface area (Å²) < 4.78 is 5.30. The zero-order valence-electron chi connectivity index (χ0n) is 11.0. The molecule has 1 aliphatic heterocycles. The molecular formula is C14H22N2O. The number of rotatable bonds is 3. The van der Waals surface area contributed by atoms with Crippen molar-refractivity contribution in [2.24, 2.45) is 0 Å². The third-order valence-electron chi connectivity index (χ3n) is 3.60. The van der Waals surface area contributed by atoms with E-state index >= 15 is 0 Å². The van der Waals surface area contributed by atoms with Gasteiger partial charge in [0, 0.05) is 32.2 Å². The van der Waals surface area contributed by atoms with Crippen LogP contribution in [0.1, 0.15) is 24.1 Å². The Kier molecular flexibility index (Phi) is 4.02. The van der Waals surface area contributed by atoms with Gasteiger partial charge in [0.05, 0.1) is 7.11 Å². The Balaban J connectivity index is 2.12. The summed E-state index contributed by atoms with van der Waals surface area (Å²) in [6, 6.07) is 6.98. The van der Waals surface area contributed by atoms with E-state index in [4.69, 9.17) is 4.74 Å². The molecule has 1 atom stereocenters. The molecule has 1 aromatic rings. The molecular weight excluding hydrogens is 212 g/mol. The second-order valence-electron chi connectivity index (χ2n) is 4.69. The molecule has 0 radical (unpaired) electrons. The second-order valence-corrected chi connectivity index (χ2v) is 4.69. The van der Waals surface area contributed by atoms with Crippen LogP contribution >= 0.6 is 0 Å². The lowest BCUT2D eigenvalue weighted by Crippen LogP contribution is -2.44. The van der Waals surface area contributed by atoms with E-state index < -0.39 is 0 Å². The lowest BCUT2D eigenvalue weighted by molar-refractivity contribution is 0.185. The van der Waals surface area contributed by atoms with Crippen LogP contribution in [0.4, 0.5) is 0 Å². The minimum Gasteiger partial charge on any atom is -0.496 e. The topological polar surface area (TPSA) is 24.5 Å². The van der Waals surface area contributed by atoms with Crippen molar-refractivity contribution in [3.8, 4) is 5.75 Å². The first kappa shape index (κ1) is 12.4. The van der Waals surface area contributed by atoms with Crippen LogP contribution in [0, 0.1) is 6.92 Å². The number of ether oxygens (including phenoxy) is 1. The van der Waals surface area contributed by atoms with Gasteiger partial charge in [-0.15, -0.1) is 0 Å². The molecule has 3 heteroatoms. The van der Waals surface area contributed by atoms with E-state index in [2.05, 4.69) is 42.3 Å². The van der Waals surface area contributed by atoms with Gasteiger partial charge in [-0.05, 0) is 31.0 Å². The lowest BCUT2D eigenvalue weighted by atomic mass is 10.0. The first-order valence-corrected chi connectivity index (χ1v) is 6.31. The van der Waals surface area contributed by atoms with Crippen LogP contribution in [0.5, 0.6) is 5.75 Å². The number of nitrogens with zero attached hydrogens (tertiary/aromatic N) is 1. The monoisotopic (exact) mass is 234 g/mol. The summed E-state index contributed by atoms with van der Waals surface area (Å²) in [5.74, 6) is 0.973. The van der Waals surface area contributed by atoms with E-state index in [0.29, 0.717) is 6.04 Å². The van der Waals surface area contributed by atoms with Gasteiger partial charge in [-0.3, -0.25) is 4.90 Å². The molecule has 1 fully saturated rings. The summed E-state index contributed by atoms with van der Waals surface area (Å²) in [7, 11) is 1.72. The van der Waals surface area contributed by atoms with Crippen LogP contribution in [0.25, 0.3) is 0 Å². The fraction of sp³-hybridized carbons (Fsp3) is 0.571. The minimum atomic E-state index is 0.488. The number of hydrogen-bond acceptors (Lipinski definition) is 3. The van der Waals surface area contributed by atoms with Gasteiger partial charge < -0.3 is 10.1 Å². The molecule has 0 bridgehead atoms. The molecule has 17 heavy (non-hydrogen) atoms. The van der Waals surface area contributed by atoms with Gasteiger partial charge in [0.15, 0.2) is 0 Å². The van der Waals surface area contributed by atoms with Gasteiger partial charge in [0.2, 0.25) is 0 Å². The van der Waals surface area contributed by atoms with Gasteiger partial charge in [-0.2, -0.15) is 0 Å². The van der Waals surface area contributed by atoms with Crippen molar-refractivity contribution in [1.29, 1.82) is 0 Å². The maximum atomic E-state index is 5.30. The summed E-state index contributed by atoms with van der Waals surface area (Å²) >= 11 is 0. The predicted octanol–water partition coefficient (Wildman–Crippen LogP) is 1.97. The van der Waals surface area contributed by atoms with Gasteiger partial charge in [-0.25, -0.2) is 0 Å². The van der Waals surface area contributed by atoms with Crippen LogP contribution < -0.4 is 10.1 Å². The molecule has 1 heterocycles. The first-order chi connectivity index (χ1) is 8.22. The molecule has 0 aromatic heterocycles. The normalized spacial score (nSPS) is 19.0. The lowest BCUT2D eigenvalue weighted by Gasteiger charge is -2.33. The Hall–Kier alpha value is -1.06. The highest BCUT2D eigenvalue weighted by Crippen LogP contribution is 2.25. The maximum Gasteiger partial charge on any atom is 0.121 e. The molecule has 1 N–H and O–H groups in total. The number of piperazine rings is 1. The first-order valence-electron chi connectivity index (χ1n) is 6.31. The van der Waals surface area contributed by atoms with Crippen LogP contribution in [-0.2, 0) is 0 Å². The fourth-order valence-corrected chi connectivity index (χ4v) is 2.44. The van der Waals surface area contributed by atoms with E-state index in [1.165, 1.54) is 11.1 Å². The van der Waals surface area contributed by atoms with Gasteiger partial charge in [0.1, 0.15) is 5.75 Å². The molecule has 1 aromatic carbocycles. The van der Waals surface area contributed by atoms with Crippen molar-refractivity contribution in [3.05, 3.63) is 29.3 Å². The van der Waals surface area contributed by atoms with E-state index in [-0.39, 0.29) is 0 Å². The second kappa shape index (κ2) is 5.52. The van der Waals surface area contributed by atoms with Crippen LogP contribution in [0.2, 0.25) is 0 Å². The molecule has 2 rings (SSSR count). The Bertz CT molecular complexity index is 372. The largest absolute Gasteiger partial charge is 0.496 e. The Morgan fingerprint density at radius 3 is 2.59 bits per heavy atom.